The van der Waals surface area contributed by atoms with Crippen LogP contribution in [-0.4, -0.2) is 0 Å². The highest BCUT2D eigenvalue weighted by Crippen LogP contribution is 2.51. The molecule has 260 valence electrons. The van der Waals surface area contributed by atoms with Crippen molar-refractivity contribution in [1.29, 1.82) is 0 Å². The number of fused-ring (bicyclic) bond motifs is 9. The summed E-state index contributed by atoms with van der Waals surface area (Å²) in [5, 5.41) is 7.06. The lowest BCUT2D eigenvalue weighted by molar-refractivity contribution is 0.660. The molecule has 1 aromatic heterocycles. The van der Waals surface area contributed by atoms with Crippen LogP contribution in [0.4, 0.5) is 17.1 Å². The van der Waals surface area contributed by atoms with Crippen LogP contribution in [0.2, 0.25) is 0 Å². The van der Waals surface area contributed by atoms with E-state index in [0.29, 0.717) is 0 Å². The molecule has 0 radical (unpaired) electrons. The Kier molecular flexibility index (Phi) is 6.93. The monoisotopic (exact) mass is 703 g/mol. The molecule has 10 aromatic rings. The fourth-order valence-corrected chi connectivity index (χ4v) is 9.12. The summed E-state index contributed by atoms with van der Waals surface area (Å²) in [6.07, 6.45) is 0. The van der Waals surface area contributed by atoms with Crippen molar-refractivity contribution in [2.75, 3.05) is 4.90 Å². The highest BCUT2D eigenvalue weighted by molar-refractivity contribution is 6.21. The number of hydrogen-bond donors (Lipinski definition) is 0. The average molecular weight is 704 g/mol. The van der Waals surface area contributed by atoms with E-state index in [-0.39, 0.29) is 5.41 Å². The summed E-state index contributed by atoms with van der Waals surface area (Å²) >= 11 is 0. The van der Waals surface area contributed by atoms with E-state index in [2.05, 4.69) is 201 Å². The number of anilines is 3. The zero-order valence-electron chi connectivity index (χ0n) is 30.8. The Bertz CT molecular complexity index is 3130. The molecule has 0 aliphatic heterocycles. The minimum Gasteiger partial charge on any atom is -0.455 e. The standard InChI is InChI=1S/C53H37NO/c1-53(2)47-20-10-7-18-43(47)46-33-40(29-30-48(46)53)54(49-21-11-8-16-41(49)38-24-23-34-13-3-4-14-36(34)31-38)39-27-25-35(26-28-39)45-32-37-15-5-6-17-42(37)52-51(45)44-19-9-12-22-50(44)55-52/h3-33H,1-2H3. The molecule has 0 fully saturated rings. The SMILES string of the molecule is CC1(C)c2ccccc2-c2cc(N(c3ccc(-c4cc5ccccc5c5oc6ccccc6c45)cc3)c3ccccc3-c3ccc4ccccc4c3)ccc21. The fourth-order valence-electron chi connectivity index (χ4n) is 9.12. The van der Waals surface area contributed by atoms with Gasteiger partial charge in [0.2, 0.25) is 0 Å². The Balaban J connectivity index is 1.11. The zero-order chi connectivity index (χ0) is 36.7. The summed E-state index contributed by atoms with van der Waals surface area (Å²) in [6.45, 7) is 4.69. The quantitative estimate of drug-likeness (QED) is 0.177. The molecule has 0 saturated carbocycles. The Morgan fingerprint density at radius 3 is 1.91 bits per heavy atom. The molecule has 1 heterocycles. The van der Waals surface area contributed by atoms with Crippen LogP contribution >= 0.6 is 0 Å². The summed E-state index contributed by atoms with van der Waals surface area (Å²) in [5.41, 5.74) is 15.2. The van der Waals surface area contributed by atoms with Crippen LogP contribution in [0, 0.1) is 0 Å². The van der Waals surface area contributed by atoms with Crippen LogP contribution < -0.4 is 4.90 Å². The second-order valence-electron chi connectivity index (χ2n) is 15.3. The maximum absolute atomic E-state index is 6.56. The first-order valence-corrected chi connectivity index (χ1v) is 19.1. The Labute approximate surface area is 320 Å². The van der Waals surface area contributed by atoms with Gasteiger partial charge in [0.15, 0.2) is 0 Å². The molecule has 1 aliphatic carbocycles. The van der Waals surface area contributed by atoms with E-state index >= 15 is 0 Å². The van der Waals surface area contributed by atoms with Crippen LogP contribution in [0.15, 0.2) is 192 Å². The molecule has 2 nitrogen and oxygen atoms in total. The molecule has 1 aliphatic rings. The van der Waals surface area contributed by atoms with Crippen molar-refractivity contribution in [3.63, 3.8) is 0 Å². The normalized spacial score (nSPS) is 13.1. The second kappa shape index (κ2) is 12.1. The number of benzene rings is 9. The van der Waals surface area contributed by atoms with Crippen molar-refractivity contribution in [3.05, 3.63) is 199 Å². The lowest BCUT2D eigenvalue weighted by atomic mass is 9.82. The molecule has 11 rings (SSSR count). The smallest absolute Gasteiger partial charge is 0.143 e. The van der Waals surface area contributed by atoms with Crippen LogP contribution in [-0.2, 0) is 5.41 Å². The Hall–Kier alpha value is -6.90. The molecule has 2 heteroatoms. The van der Waals surface area contributed by atoms with Crippen molar-refractivity contribution >= 4 is 60.5 Å². The van der Waals surface area contributed by atoms with Gasteiger partial charge in [-0.2, -0.15) is 0 Å². The number of para-hydroxylation sites is 2. The summed E-state index contributed by atoms with van der Waals surface area (Å²) in [6, 6.07) is 68.5. The molecule has 0 N–H and O–H groups in total. The van der Waals surface area contributed by atoms with Gasteiger partial charge in [-0.05, 0) is 104 Å². The van der Waals surface area contributed by atoms with Gasteiger partial charge in [-0.3, -0.25) is 0 Å². The molecule has 0 atom stereocenters. The summed E-state index contributed by atoms with van der Waals surface area (Å²) in [7, 11) is 0. The number of nitrogens with zero attached hydrogens (tertiary/aromatic N) is 1. The molecule has 0 spiro atoms. The Morgan fingerprint density at radius 1 is 0.418 bits per heavy atom. The van der Waals surface area contributed by atoms with E-state index in [4.69, 9.17) is 4.42 Å². The first-order chi connectivity index (χ1) is 27.0. The number of hydrogen-bond acceptors (Lipinski definition) is 2. The Morgan fingerprint density at radius 2 is 1.05 bits per heavy atom. The summed E-state index contributed by atoms with van der Waals surface area (Å²) in [5.74, 6) is 0. The van der Waals surface area contributed by atoms with Gasteiger partial charge in [0, 0.05) is 38.5 Å². The number of rotatable bonds is 5. The van der Waals surface area contributed by atoms with Crippen molar-refractivity contribution in [2.45, 2.75) is 19.3 Å². The third-order valence-electron chi connectivity index (χ3n) is 11.8. The molecular formula is C53H37NO. The first-order valence-electron chi connectivity index (χ1n) is 19.1. The highest BCUT2D eigenvalue weighted by atomic mass is 16.3. The minimum absolute atomic E-state index is 0.0671. The second-order valence-corrected chi connectivity index (χ2v) is 15.3. The van der Waals surface area contributed by atoms with Gasteiger partial charge in [0.1, 0.15) is 11.2 Å². The third kappa shape index (κ3) is 4.88. The van der Waals surface area contributed by atoms with E-state index in [9.17, 15) is 0 Å². The maximum Gasteiger partial charge on any atom is 0.143 e. The first kappa shape index (κ1) is 31.6. The van der Waals surface area contributed by atoms with Gasteiger partial charge < -0.3 is 9.32 Å². The van der Waals surface area contributed by atoms with Gasteiger partial charge in [0.05, 0.1) is 5.69 Å². The van der Waals surface area contributed by atoms with Crippen molar-refractivity contribution in [1.82, 2.24) is 0 Å². The highest BCUT2D eigenvalue weighted by Gasteiger charge is 2.35. The lowest BCUT2D eigenvalue weighted by Crippen LogP contribution is -2.15. The van der Waals surface area contributed by atoms with Crippen LogP contribution in [0.1, 0.15) is 25.0 Å². The molecule has 0 unspecified atom stereocenters. The van der Waals surface area contributed by atoms with Crippen molar-refractivity contribution in [2.24, 2.45) is 0 Å². The van der Waals surface area contributed by atoms with E-state index in [1.165, 1.54) is 55.1 Å². The van der Waals surface area contributed by atoms with Crippen LogP contribution in [0.25, 0.3) is 76.9 Å². The molecule has 55 heavy (non-hydrogen) atoms. The van der Waals surface area contributed by atoms with Gasteiger partial charge in [-0.25, -0.2) is 0 Å². The minimum atomic E-state index is -0.0671. The van der Waals surface area contributed by atoms with Gasteiger partial charge in [-0.1, -0.05) is 153 Å². The van der Waals surface area contributed by atoms with Crippen molar-refractivity contribution in [3.8, 4) is 33.4 Å². The molecule has 0 bridgehead atoms. The summed E-state index contributed by atoms with van der Waals surface area (Å²) in [4.78, 5) is 2.44. The molecule has 0 saturated heterocycles. The predicted molar refractivity (Wildman–Crippen MR) is 232 cm³/mol. The lowest BCUT2D eigenvalue weighted by Gasteiger charge is -2.29. The van der Waals surface area contributed by atoms with E-state index in [1.54, 1.807) is 0 Å². The van der Waals surface area contributed by atoms with E-state index < -0.39 is 0 Å². The van der Waals surface area contributed by atoms with Crippen LogP contribution in [0.5, 0.6) is 0 Å². The van der Waals surface area contributed by atoms with Crippen LogP contribution in [0.3, 0.4) is 0 Å². The molecule has 9 aromatic carbocycles. The largest absolute Gasteiger partial charge is 0.455 e. The molecule has 0 amide bonds. The fraction of sp³-hybridized carbons (Fsp3) is 0.0566. The predicted octanol–water partition coefficient (Wildman–Crippen LogP) is 15.0. The zero-order valence-corrected chi connectivity index (χ0v) is 30.8. The average Bonchev–Trinajstić information content (AvgIpc) is 3.74. The topological polar surface area (TPSA) is 16.4 Å². The number of furan rings is 1. The third-order valence-corrected chi connectivity index (χ3v) is 11.8. The van der Waals surface area contributed by atoms with Gasteiger partial charge in [-0.15, -0.1) is 0 Å². The molecular weight excluding hydrogens is 667 g/mol. The van der Waals surface area contributed by atoms with E-state index in [1.807, 2.05) is 6.07 Å². The maximum atomic E-state index is 6.56. The van der Waals surface area contributed by atoms with Crippen molar-refractivity contribution < 1.29 is 4.42 Å². The summed E-state index contributed by atoms with van der Waals surface area (Å²) < 4.78 is 6.56. The van der Waals surface area contributed by atoms with E-state index in [0.717, 1.165) is 50.0 Å². The van der Waals surface area contributed by atoms with Gasteiger partial charge >= 0.3 is 0 Å². The van der Waals surface area contributed by atoms with Gasteiger partial charge in [0.25, 0.3) is 0 Å².